The topological polar surface area (TPSA) is 4.93 Å². The molecule has 0 bridgehead atoms. The average Bonchev–Trinajstić information content (AvgIpc) is 3.64. The predicted octanol–water partition coefficient (Wildman–Crippen LogP) is 13.2. The lowest BCUT2D eigenvalue weighted by molar-refractivity contribution is 0.661. The molecule has 1 aliphatic rings. The lowest BCUT2D eigenvalue weighted by atomic mass is 9.82. The lowest BCUT2D eigenvalue weighted by Crippen LogP contribution is -2.14. The summed E-state index contributed by atoms with van der Waals surface area (Å²) in [4.78, 5) is 0. The molecule has 0 fully saturated rings. The third-order valence-corrected chi connectivity index (χ3v) is 11.0. The fraction of sp³-hybridized carbons (Fsp3) is 0.0612. The highest BCUT2D eigenvalue weighted by Gasteiger charge is 2.36. The minimum absolute atomic E-state index is 0.0472. The Hall–Kier alpha value is -6.18. The quantitative estimate of drug-likeness (QED) is 0.181. The third-order valence-electron chi connectivity index (χ3n) is 11.0. The van der Waals surface area contributed by atoms with E-state index in [1.165, 1.54) is 88.2 Å². The zero-order valence-electron chi connectivity index (χ0n) is 28.2. The van der Waals surface area contributed by atoms with Crippen molar-refractivity contribution in [2.75, 3.05) is 0 Å². The number of hydrogen-bond acceptors (Lipinski definition) is 0. The van der Waals surface area contributed by atoms with Crippen LogP contribution in [0.3, 0.4) is 0 Å². The Bertz CT molecular complexity index is 2750. The molecule has 1 nitrogen and oxygen atoms in total. The zero-order chi connectivity index (χ0) is 33.4. The summed E-state index contributed by atoms with van der Waals surface area (Å²) < 4.78 is 2.45. The summed E-state index contributed by atoms with van der Waals surface area (Å²) in [7, 11) is 0. The Morgan fingerprint density at radius 1 is 0.400 bits per heavy atom. The van der Waals surface area contributed by atoms with Crippen molar-refractivity contribution in [1.29, 1.82) is 0 Å². The van der Waals surface area contributed by atoms with Crippen molar-refractivity contribution >= 4 is 32.6 Å². The second-order valence-corrected chi connectivity index (χ2v) is 14.1. The molecule has 0 aliphatic heterocycles. The Morgan fingerprint density at radius 3 is 1.84 bits per heavy atom. The maximum absolute atomic E-state index is 2.45. The van der Waals surface area contributed by atoms with Crippen LogP contribution in [0.25, 0.3) is 82.8 Å². The summed E-state index contributed by atoms with van der Waals surface area (Å²) in [6.45, 7) is 4.74. The van der Waals surface area contributed by atoms with Crippen LogP contribution in [0.2, 0.25) is 0 Å². The molecule has 8 aromatic carbocycles. The van der Waals surface area contributed by atoms with Crippen LogP contribution in [-0.2, 0) is 5.41 Å². The maximum atomic E-state index is 2.45. The van der Waals surface area contributed by atoms with E-state index < -0.39 is 0 Å². The molecule has 50 heavy (non-hydrogen) atoms. The molecule has 0 spiro atoms. The zero-order valence-corrected chi connectivity index (χ0v) is 28.2. The van der Waals surface area contributed by atoms with Gasteiger partial charge in [0.2, 0.25) is 0 Å². The molecule has 10 rings (SSSR count). The second kappa shape index (κ2) is 10.9. The molecule has 0 unspecified atom stereocenters. The van der Waals surface area contributed by atoms with Crippen LogP contribution in [0, 0.1) is 0 Å². The summed E-state index contributed by atoms with van der Waals surface area (Å²) >= 11 is 0. The van der Waals surface area contributed by atoms with Gasteiger partial charge in [0, 0.05) is 21.9 Å². The SMILES string of the molecule is CC1(C)c2ccccc2-c2c1ccc1ccc3c(c4ccccc4n3-c3ccc(-c4ccc(-c5ccccc5)cc4-c4ccccc4)cc3)c21. The molecule has 0 N–H and O–H groups in total. The maximum Gasteiger partial charge on any atom is 0.0547 e. The van der Waals surface area contributed by atoms with Crippen LogP contribution in [-0.4, -0.2) is 4.57 Å². The van der Waals surface area contributed by atoms with Gasteiger partial charge in [-0.2, -0.15) is 0 Å². The minimum Gasteiger partial charge on any atom is -0.309 e. The molecule has 1 heterocycles. The molecule has 0 amide bonds. The van der Waals surface area contributed by atoms with Gasteiger partial charge in [-0.25, -0.2) is 0 Å². The molecule has 0 atom stereocenters. The second-order valence-electron chi connectivity index (χ2n) is 14.1. The van der Waals surface area contributed by atoms with Crippen molar-refractivity contribution in [2.24, 2.45) is 0 Å². The number of fused-ring (bicyclic) bond motifs is 9. The van der Waals surface area contributed by atoms with E-state index in [9.17, 15) is 0 Å². The monoisotopic (exact) mass is 637 g/mol. The first kappa shape index (κ1) is 28.8. The number of aromatic nitrogens is 1. The fourth-order valence-corrected chi connectivity index (χ4v) is 8.60. The van der Waals surface area contributed by atoms with Crippen molar-refractivity contribution in [3.63, 3.8) is 0 Å². The normalized spacial score (nSPS) is 13.2. The predicted molar refractivity (Wildman–Crippen MR) is 212 cm³/mol. The van der Waals surface area contributed by atoms with Crippen LogP contribution in [0.15, 0.2) is 176 Å². The molecular weight excluding hydrogens is 603 g/mol. The highest BCUT2D eigenvalue weighted by atomic mass is 15.0. The summed E-state index contributed by atoms with van der Waals surface area (Å²) in [5.74, 6) is 0. The lowest BCUT2D eigenvalue weighted by Gasteiger charge is -2.21. The van der Waals surface area contributed by atoms with E-state index in [4.69, 9.17) is 0 Å². The Morgan fingerprint density at radius 2 is 1.04 bits per heavy atom. The number of benzene rings is 8. The van der Waals surface area contributed by atoms with Crippen LogP contribution in [0.1, 0.15) is 25.0 Å². The molecule has 0 saturated heterocycles. The molecular formula is C49H35N. The van der Waals surface area contributed by atoms with E-state index in [1.807, 2.05) is 0 Å². The van der Waals surface area contributed by atoms with Crippen molar-refractivity contribution < 1.29 is 0 Å². The van der Waals surface area contributed by atoms with E-state index in [1.54, 1.807) is 0 Å². The molecule has 1 aliphatic carbocycles. The van der Waals surface area contributed by atoms with Gasteiger partial charge in [-0.15, -0.1) is 0 Å². The highest BCUT2D eigenvalue weighted by molar-refractivity contribution is 6.26. The van der Waals surface area contributed by atoms with E-state index in [0.717, 1.165) is 5.69 Å². The first-order chi connectivity index (χ1) is 24.6. The van der Waals surface area contributed by atoms with Crippen LogP contribution >= 0.6 is 0 Å². The standard InChI is InChI=1S/C49H35N/c1-49(2)42-19-11-9-17-39(42)47-43(49)29-24-35-25-30-45-48(46(35)47)40-18-10-12-20-44(40)50(45)37-26-21-34(22-27-37)38-28-23-36(32-13-5-3-6-14-32)31-41(38)33-15-7-4-8-16-33/h3-31H,1-2H3. The largest absolute Gasteiger partial charge is 0.309 e. The smallest absolute Gasteiger partial charge is 0.0547 e. The van der Waals surface area contributed by atoms with Gasteiger partial charge in [-0.3, -0.25) is 0 Å². The van der Waals surface area contributed by atoms with E-state index in [2.05, 4.69) is 194 Å². The van der Waals surface area contributed by atoms with Crippen molar-refractivity contribution in [3.8, 4) is 50.2 Å². The number of para-hydroxylation sites is 1. The number of hydrogen-bond donors (Lipinski definition) is 0. The van der Waals surface area contributed by atoms with Gasteiger partial charge in [0.05, 0.1) is 11.0 Å². The summed E-state index contributed by atoms with van der Waals surface area (Å²) in [5, 5.41) is 5.26. The van der Waals surface area contributed by atoms with Crippen LogP contribution in [0.5, 0.6) is 0 Å². The van der Waals surface area contributed by atoms with E-state index >= 15 is 0 Å². The van der Waals surface area contributed by atoms with Gasteiger partial charge in [0.1, 0.15) is 0 Å². The number of rotatable bonds is 4. The van der Waals surface area contributed by atoms with Gasteiger partial charge in [-0.05, 0) is 96.7 Å². The van der Waals surface area contributed by atoms with E-state index in [0.29, 0.717) is 0 Å². The number of nitrogens with zero attached hydrogens (tertiary/aromatic N) is 1. The minimum atomic E-state index is -0.0472. The fourth-order valence-electron chi connectivity index (χ4n) is 8.60. The summed E-state index contributed by atoms with van der Waals surface area (Å²) in [6.07, 6.45) is 0. The highest BCUT2D eigenvalue weighted by Crippen LogP contribution is 2.53. The van der Waals surface area contributed by atoms with Crippen molar-refractivity contribution in [1.82, 2.24) is 4.57 Å². The first-order valence-corrected chi connectivity index (χ1v) is 17.5. The molecule has 1 aromatic heterocycles. The van der Waals surface area contributed by atoms with Crippen LogP contribution < -0.4 is 0 Å². The van der Waals surface area contributed by atoms with Crippen molar-refractivity contribution in [2.45, 2.75) is 19.3 Å². The first-order valence-electron chi connectivity index (χ1n) is 17.5. The van der Waals surface area contributed by atoms with Gasteiger partial charge in [-0.1, -0.05) is 159 Å². The van der Waals surface area contributed by atoms with E-state index in [-0.39, 0.29) is 5.41 Å². The Labute approximate surface area is 292 Å². The Kier molecular flexibility index (Phi) is 6.29. The van der Waals surface area contributed by atoms with Crippen molar-refractivity contribution in [3.05, 3.63) is 187 Å². The van der Waals surface area contributed by atoms with Crippen LogP contribution in [0.4, 0.5) is 0 Å². The van der Waals surface area contributed by atoms with Gasteiger partial charge < -0.3 is 4.57 Å². The molecule has 9 aromatic rings. The van der Waals surface area contributed by atoms with Gasteiger partial charge in [0.25, 0.3) is 0 Å². The van der Waals surface area contributed by atoms with Gasteiger partial charge >= 0.3 is 0 Å². The summed E-state index contributed by atoms with van der Waals surface area (Å²) in [6, 6.07) is 64.7. The third kappa shape index (κ3) is 4.20. The molecule has 0 radical (unpaired) electrons. The molecule has 1 heteroatoms. The average molecular weight is 638 g/mol. The molecule has 236 valence electrons. The Balaban J connectivity index is 1.17. The van der Waals surface area contributed by atoms with Gasteiger partial charge in [0.15, 0.2) is 0 Å². The molecule has 0 saturated carbocycles. The summed E-state index contributed by atoms with van der Waals surface area (Å²) in [5.41, 5.74) is 16.5.